The van der Waals surface area contributed by atoms with E-state index in [1.54, 1.807) is 14.1 Å². The zero-order valence-electron chi connectivity index (χ0n) is 7.22. The van der Waals surface area contributed by atoms with Gasteiger partial charge in [-0.15, -0.1) is 0 Å². The van der Waals surface area contributed by atoms with Crippen LogP contribution in [0.4, 0.5) is 0 Å². The van der Waals surface area contributed by atoms with Crippen LogP contribution >= 0.6 is 0 Å². The molecular weight excluding hydrogens is 144 g/mol. The molecule has 0 aliphatic rings. The summed E-state index contributed by atoms with van der Waals surface area (Å²) in [4.78, 5) is 10.6. The highest BCUT2D eigenvalue weighted by Gasteiger charge is 2.22. The van der Waals surface area contributed by atoms with Gasteiger partial charge in [0, 0.05) is 6.04 Å². The van der Waals surface area contributed by atoms with Crippen LogP contribution in [-0.4, -0.2) is 37.3 Å². The number of hydrogen-bond donors (Lipinski definition) is 3. The second-order valence-electron chi connectivity index (χ2n) is 2.41. The van der Waals surface area contributed by atoms with Gasteiger partial charge in [0.05, 0.1) is 0 Å². The highest BCUT2D eigenvalue weighted by Crippen LogP contribution is 1.97. The summed E-state index contributed by atoms with van der Waals surface area (Å²) in [5.74, 6) is -0.811. The zero-order chi connectivity index (χ0) is 8.85. The van der Waals surface area contributed by atoms with Gasteiger partial charge in [0.1, 0.15) is 6.04 Å². The Hall–Kier alpha value is -0.610. The average Bonchev–Trinajstić information content (AvgIpc) is 1.99. The van der Waals surface area contributed by atoms with Gasteiger partial charge < -0.3 is 15.7 Å². The van der Waals surface area contributed by atoms with Crippen molar-refractivity contribution in [2.24, 2.45) is 0 Å². The molecule has 2 atom stereocenters. The summed E-state index contributed by atoms with van der Waals surface area (Å²) in [6.45, 7) is 1.95. The second-order valence-corrected chi connectivity index (χ2v) is 2.41. The molecule has 0 fully saturated rings. The van der Waals surface area contributed by atoms with Crippen molar-refractivity contribution in [3.63, 3.8) is 0 Å². The standard InChI is InChI=1S/C7H16N2O2/c1-4-5(8-2)6(9-3)7(10)11/h5-6,8-9H,4H2,1-3H3,(H,10,11). The first-order valence-corrected chi connectivity index (χ1v) is 3.74. The van der Waals surface area contributed by atoms with Crippen LogP contribution in [0.5, 0.6) is 0 Å². The lowest BCUT2D eigenvalue weighted by Gasteiger charge is -2.21. The van der Waals surface area contributed by atoms with Crippen LogP contribution in [0.15, 0.2) is 0 Å². The Labute approximate surface area is 67.0 Å². The molecule has 0 aliphatic carbocycles. The number of rotatable bonds is 5. The third kappa shape index (κ3) is 2.86. The first kappa shape index (κ1) is 10.4. The minimum Gasteiger partial charge on any atom is -0.480 e. The van der Waals surface area contributed by atoms with E-state index in [0.717, 1.165) is 6.42 Å². The maximum atomic E-state index is 10.6. The van der Waals surface area contributed by atoms with Gasteiger partial charge in [-0.1, -0.05) is 6.92 Å². The van der Waals surface area contributed by atoms with Crippen LogP contribution < -0.4 is 10.6 Å². The summed E-state index contributed by atoms with van der Waals surface area (Å²) < 4.78 is 0. The summed E-state index contributed by atoms with van der Waals surface area (Å²) in [5, 5.41) is 14.4. The monoisotopic (exact) mass is 160 g/mol. The number of aliphatic carboxylic acids is 1. The van der Waals surface area contributed by atoms with E-state index in [2.05, 4.69) is 10.6 Å². The van der Waals surface area contributed by atoms with Crippen molar-refractivity contribution in [1.29, 1.82) is 0 Å². The van der Waals surface area contributed by atoms with Crippen LogP contribution in [0.1, 0.15) is 13.3 Å². The van der Waals surface area contributed by atoms with Gasteiger partial charge in [-0.2, -0.15) is 0 Å². The Morgan fingerprint density at radius 1 is 1.45 bits per heavy atom. The fourth-order valence-corrected chi connectivity index (χ4v) is 1.10. The smallest absolute Gasteiger partial charge is 0.322 e. The van der Waals surface area contributed by atoms with E-state index < -0.39 is 12.0 Å². The molecule has 0 aromatic heterocycles. The lowest BCUT2D eigenvalue weighted by molar-refractivity contribution is -0.140. The SMILES string of the molecule is CCC(NC)C(NC)C(=O)O. The number of hydrogen-bond acceptors (Lipinski definition) is 3. The summed E-state index contributed by atoms with van der Waals surface area (Å²) in [6.07, 6.45) is 0.800. The van der Waals surface area contributed by atoms with Gasteiger partial charge in [0.2, 0.25) is 0 Å². The predicted molar refractivity (Wildman–Crippen MR) is 43.6 cm³/mol. The molecule has 4 heteroatoms. The second kappa shape index (κ2) is 5.09. The number of carboxylic acid groups (broad SMARTS) is 1. The van der Waals surface area contributed by atoms with Crippen molar-refractivity contribution in [3.05, 3.63) is 0 Å². The van der Waals surface area contributed by atoms with Crippen molar-refractivity contribution in [2.75, 3.05) is 14.1 Å². The first-order chi connectivity index (χ1) is 5.17. The molecule has 0 amide bonds. The van der Waals surface area contributed by atoms with Crippen LogP contribution in [0.3, 0.4) is 0 Å². The van der Waals surface area contributed by atoms with E-state index in [4.69, 9.17) is 5.11 Å². The van der Waals surface area contributed by atoms with Crippen molar-refractivity contribution in [3.8, 4) is 0 Å². The zero-order valence-corrected chi connectivity index (χ0v) is 7.22. The Kier molecular flexibility index (Phi) is 4.81. The van der Waals surface area contributed by atoms with E-state index in [-0.39, 0.29) is 6.04 Å². The van der Waals surface area contributed by atoms with Crippen molar-refractivity contribution >= 4 is 5.97 Å². The minimum absolute atomic E-state index is 0.00231. The third-order valence-corrected chi connectivity index (χ3v) is 1.79. The van der Waals surface area contributed by atoms with E-state index >= 15 is 0 Å². The molecule has 0 saturated carbocycles. The number of likely N-dealkylation sites (N-methyl/N-ethyl adjacent to an activating group) is 2. The molecule has 2 unspecified atom stereocenters. The van der Waals surface area contributed by atoms with E-state index in [0.29, 0.717) is 0 Å². The Bertz CT molecular complexity index is 124. The van der Waals surface area contributed by atoms with Gasteiger partial charge in [0.15, 0.2) is 0 Å². The molecule has 0 radical (unpaired) electrons. The van der Waals surface area contributed by atoms with Crippen LogP contribution in [0.2, 0.25) is 0 Å². The highest BCUT2D eigenvalue weighted by molar-refractivity contribution is 5.74. The Morgan fingerprint density at radius 2 is 2.00 bits per heavy atom. The number of carbonyl (C=O) groups is 1. The fourth-order valence-electron chi connectivity index (χ4n) is 1.10. The molecule has 66 valence electrons. The van der Waals surface area contributed by atoms with E-state index in [1.165, 1.54) is 0 Å². The van der Waals surface area contributed by atoms with Crippen LogP contribution in [0, 0.1) is 0 Å². The molecule has 0 aliphatic heterocycles. The highest BCUT2D eigenvalue weighted by atomic mass is 16.4. The number of carboxylic acids is 1. The molecule has 0 spiro atoms. The molecule has 0 heterocycles. The van der Waals surface area contributed by atoms with Crippen LogP contribution in [0.25, 0.3) is 0 Å². The molecular formula is C7H16N2O2. The minimum atomic E-state index is -0.811. The van der Waals surface area contributed by atoms with Crippen molar-refractivity contribution < 1.29 is 9.90 Å². The average molecular weight is 160 g/mol. The molecule has 3 N–H and O–H groups in total. The van der Waals surface area contributed by atoms with Crippen molar-refractivity contribution in [2.45, 2.75) is 25.4 Å². The Balaban J connectivity index is 4.09. The Morgan fingerprint density at radius 3 is 2.09 bits per heavy atom. The number of nitrogens with one attached hydrogen (secondary N) is 2. The lowest BCUT2D eigenvalue weighted by atomic mass is 10.1. The van der Waals surface area contributed by atoms with Gasteiger partial charge in [-0.25, -0.2) is 0 Å². The van der Waals surface area contributed by atoms with Crippen LogP contribution in [-0.2, 0) is 4.79 Å². The molecule has 4 nitrogen and oxygen atoms in total. The van der Waals surface area contributed by atoms with E-state index in [1.807, 2.05) is 6.92 Å². The maximum absolute atomic E-state index is 10.6. The van der Waals surface area contributed by atoms with Gasteiger partial charge >= 0.3 is 5.97 Å². The molecule has 0 bridgehead atoms. The molecule has 0 aromatic rings. The predicted octanol–water partition coefficient (Wildman–Crippen LogP) is -0.343. The fraction of sp³-hybridized carbons (Fsp3) is 0.857. The lowest BCUT2D eigenvalue weighted by Crippen LogP contribution is -2.49. The molecule has 0 aromatic carbocycles. The summed E-state index contributed by atoms with van der Waals surface area (Å²) >= 11 is 0. The van der Waals surface area contributed by atoms with Gasteiger partial charge in [-0.05, 0) is 20.5 Å². The summed E-state index contributed by atoms with van der Waals surface area (Å²) in [6, 6.07) is -0.498. The summed E-state index contributed by atoms with van der Waals surface area (Å²) in [5.41, 5.74) is 0. The molecule has 0 saturated heterocycles. The third-order valence-electron chi connectivity index (χ3n) is 1.79. The summed E-state index contributed by atoms with van der Waals surface area (Å²) in [7, 11) is 3.42. The molecule has 11 heavy (non-hydrogen) atoms. The molecule has 0 rings (SSSR count). The van der Waals surface area contributed by atoms with Gasteiger partial charge in [-0.3, -0.25) is 4.79 Å². The van der Waals surface area contributed by atoms with Crippen molar-refractivity contribution in [1.82, 2.24) is 10.6 Å². The van der Waals surface area contributed by atoms with Gasteiger partial charge in [0.25, 0.3) is 0 Å². The first-order valence-electron chi connectivity index (χ1n) is 3.74. The van der Waals surface area contributed by atoms with E-state index in [9.17, 15) is 4.79 Å². The quantitative estimate of drug-likeness (QED) is 0.515. The largest absolute Gasteiger partial charge is 0.480 e. The maximum Gasteiger partial charge on any atom is 0.322 e. The normalized spacial score (nSPS) is 15.9. The topological polar surface area (TPSA) is 61.4 Å².